The van der Waals surface area contributed by atoms with Gasteiger partial charge in [-0.05, 0) is 98.0 Å². The molecule has 2 aromatic rings. The van der Waals surface area contributed by atoms with Crippen LogP contribution in [-0.2, 0) is 4.79 Å². The van der Waals surface area contributed by atoms with Gasteiger partial charge >= 0.3 is 0 Å². The number of anilines is 1. The summed E-state index contributed by atoms with van der Waals surface area (Å²) in [6.45, 7) is 8.52. The molecule has 2 fully saturated rings. The molecule has 0 bridgehead atoms. The standard InChI is InChI=1S/C23H25N3OS/c1-15-6-8-19(12-16(15)2)24-23-25-22(27)21(28-23)14-18-7-9-20(13-17(18)3)26-10-4-5-11-26/h6-9,12-14H,4-5,10-11H2,1-3H3,(H,24,25,27)/b21-14-. The third-order valence-corrected chi connectivity index (χ3v) is 6.29. The maximum atomic E-state index is 12.4. The summed E-state index contributed by atoms with van der Waals surface area (Å²) in [6.07, 6.45) is 4.50. The maximum Gasteiger partial charge on any atom is 0.264 e. The Hall–Kier alpha value is -2.53. The van der Waals surface area contributed by atoms with Crippen molar-refractivity contribution >= 4 is 40.3 Å². The molecule has 0 unspecified atom stereocenters. The summed E-state index contributed by atoms with van der Waals surface area (Å²) in [5.74, 6) is -0.0874. The molecule has 4 nitrogen and oxygen atoms in total. The van der Waals surface area contributed by atoms with Gasteiger partial charge in [-0.15, -0.1) is 0 Å². The van der Waals surface area contributed by atoms with Crippen molar-refractivity contribution in [1.82, 2.24) is 5.32 Å². The number of nitrogens with one attached hydrogen (secondary N) is 1. The van der Waals surface area contributed by atoms with Gasteiger partial charge in [-0.2, -0.15) is 0 Å². The quantitative estimate of drug-likeness (QED) is 0.740. The Morgan fingerprint density at radius 1 is 1.00 bits per heavy atom. The molecule has 0 atom stereocenters. The average molecular weight is 392 g/mol. The summed E-state index contributed by atoms with van der Waals surface area (Å²) >= 11 is 1.40. The normalized spacial score (nSPS) is 19.7. The molecule has 28 heavy (non-hydrogen) atoms. The van der Waals surface area contributed by atoms with Crippen LogP contribution in [0.3, 0.4) is 0 Å². The predicted molar refractivity (Wildman–Crippen MR) is 119 cm³/mol. The molecule has 2 saturated heterocycles. The van der Waals surface area contributed by atoms with Crippen LogP contribution in [0.2, 0.25) is 0 Å². The Kier molecular flexibility index (Phi) is 5.27. The Morgan fingerprint density at radius 2 is 1.79 bits per heavy atom. The van der Waals surface area contributed by atoms with Gasteiger partial charge in [0.05, 0.1) is 10.6 Å². The summed E-state index contributed by atoms with van der Waals surface area (Å²) in [5.41, 5.74) is 6.83. The van der Waals surface area contributed by atoms with Gasteiger partial charge in [0.2, 0.25) is 0 Å². The molecule has 0 aliphatic carbocycles. The number of rotatable bonds is 3. The van der Waals surface area contributed by atoms with E-state index in [-0.39, 0.29) is 5.91 Å². The third-order valence-electron chi connectivity index (χ3n) is 5.38. The molecule has 0 radical (unpaired) electrons. The lowest BCUT2D eigenvalue weighted by Crippen LogP contribution is -2.19. The van der Waals surface area contributed by atoms with Crippen molar-refractivity contribution in [3.05, 3.63) is 63.6 Å². The van der Waals surface area contributed by atoms with Crippen molar-refractivity contribution in [2.75, 3.05) is 18.0 Å². The van der Waals surface area contributed by atoms with Crippen molar-refractivity contribution in [3.63, 3.8) is 0 Å². The number of nitrogens with zero attached hydrogens (tertiary/aromatic N) is 2. The molecular weight excluding hydrogens is 366 g/mol. The fraction of sp³-hybridized carbons (Fsp3) is 0.304. The highest BCUT2D eigenvalue weighted by Gasteiger charge is 2.24. The highest BCUT2D eigenvalue weighted by atomic mass is 32.2. The van der Waals surface area contributed by atoms with Crippen molar-refractivity contribution in [1.29, 1.82) is 0 Å². The second-order valence-electron chi connectivity index (χ2n) is 7.49. The second-order valence-corrected chi connectivity index (χ2v) is 8.52. The topological polar surface area (TPSA) is 44.7 Å². The predicted octanol–water partition coefficient (Wildman–Crippen LogP) is 5.10. The van der Waals surface area contributed by atoms with Crippen LogP contribution >= 0.6 is 11.8 Å². The molecule has 2 aromatic carbocycles. The number of carbonyl (C=O) groups excluding carboxylic acids is 1. The Balaban J connectivity index is 1.54. The van der Waals surface area contributed by atoms with E-state index in [1.807, 2.05) is 18.2 Å². The van der Waals surface area contributed by atoms with E-state index in [1.54, 1.807) is 0 Å². The summed E-state index contributed by atoms with van der Waals surface area (Å²) in [4.78, 5) is 20.1. The molecule has 0 spiro atoms. The minimum Gasteiger partial charge on any atom is -0.372 e. The van der Waals surface area contributed by atoms with E-state index in [4.69, 9.17) is 0 Å². The van der Waals surface area contributed by atoms with E-state index in [1.165, 1.54) is 47.0 Å². The first kappa shape index (κ1) is 18.8. The van der Waals surface area contributed by atoms with Gasteiger partial charge in [-0.1, -0.05) is 12.1 Å². The van der Waals surface area contributed by atoms with E-state index in [2.05, 4.69) is 60.2 Å². The van der Waals surface area contributed by atoms with Gasteiger partial charge in [0.15, 0.2) is 5.17 Å². The molecule has 1 N–H and O–H groups in total. The fourth-order valence-corrected chi connectivity index (χ4v) is 4.36. The van der Waals surface area contributed by atoms with E-state index in [0.29, 0.717) is 10.1 Å². The minimum absolute atomic E-state index is 0.0874. The lowest BCUT2D eigenvalue weighted by Gasteiger charge is -2.18. The third kappa shape index (κ3) is 3.99. The van der Waals surface area contributed by atoms with Gasteiger partial charge in [0.25, 0.3) is 5.91 Å². The zero-order valence-electron chi connectivity index (χ0n) is 16.6. The van der Waals surface area contributed by atoms with Crippen LogP contribution in [0, 0.1) is 20.8 Å². The smallest absolute Gasteiger partial charge is 0.264 e. The molecule has 4 rings (SSSR count). The van der Waals surface area contributed by atoms with E-state index in [9.17, 15) is 4.79 Å². The number of aryl methyl sites for hydroxylation is 3. The number of hydrogen-bond donors (Lipinski definition) is 1. The van der Waals surface area contributed by atoms with Gasteiger partial charge in [-0.3, -0.25) is 4.79 Å². The second kappa shape index (κ2) is 7.84. The minimum atomic E-state index is -0.0874. The van der Waals surface area contributed by atoms with Crippen LogP contribution in [0.25, 0.3) is 6.08 Å². The number of thioether (sulfide) groups is 1. The SMILES string of the molecule is Cc1ccc(N=C2NC(=O)/C(=C/c3ccc(N4CCCC4)cc3C)S2)cc1C. The number of aliphatic imine (C=N–C) groups is 1. The first-order valence-electron chi connectivity index (χ1n) is 9.72. The monoisotopic (exact) mass is 391 g/mol. The zero-order valence-corrected chi connectivity index (χ0v) is 17.4. The van der Waals surface area contributed by atoms with E-state index >= 15 is 0 Å². The van der Waals surface area contributed by atoms with Crippen LogP contribution in [0.1, 0.15) is 35.1 Å². The lowest BCUT2D eigenvalue weighted by atomic mass is 10.1. The largest absolute Gasteiger partial charge is 0.372 e. The van der Waals surface area contributed by atoms with Crippen molar-refractivity contribution in [2.45, 2.75) is 33.6 Å². The Labute approximate surface area is 170 Å². The number of benzene rings is 2. The molecule has 1 amide bonds. The number of carbonyl (C=O) groups is 1. The van der Waals surface area contributed by atoms with Gasteiger partial charge in [0.1, 0.15) is 0 Å². The number of hydrogen-bond acceptors (Lipinski definition) is 4. The maximum absolute atomic E-state index is 12.4. The van der Waals surface area contributed by atoms with E-state index < -0.39 is 0 Å². The highest BCUT2D eigenvalue weighted by molar-refractivity contribution is 8.18. The number of amides is 1. The molecule has 2 aliphatic rings. The van der Waals surface area contributed by atoms with Crippen molar-refractivity contribution in [2.24, 2.45) is 4.99 Å². The zero-order chi connectivity index (χ0) is 19.7. The molecule has 0 saturated carbocycles. The summed E-state index contributed by atoms with van der Waals surface area (Å²) in [6, 6.07) is 12.6. The summed E-state index contributed by atoms with van der Waals surface area (Å²) < 4.78 is 0. The first-order chi connectivity index (χ1) is 13.5. The van der Waals surface area contributed by atoms with E-state index in [0.717, 1.165) is 24.3 Å². The molecule has 5 heteroatoms. The molecular formula is C23H25N3OS. The number of amidine groups is 1. The molecule has 0 aromatic heterocycles. The van der Waals surface area contributed by atoms with Crippen molar-refractivity contribution in [3.8, 4) is 0 Å². The van der Waals surface area contributed by atoms with Gasteiger partial charge < -0.3 is 10.2 Å². The van der Waals surface area contributed by atoms with Crippen LogP contribution in [0.15, 0.2) is 46.3 Å². The lowest BCUT2D eigenvalue weighted by molar-refractivity contribution is -0.115. The Bertz CT molecular complexity index is 987. The van der Waals surface area contributed by atoms with Crippen LogP contribution < -0.4 is 10.2 Å². The average Bonchev–Trinajstić information content (AvgIpc) is 3.30. The summed E-state index contributed by atoms with van der Waals surface area (Å²) in [7, 11) is 0. The van der Waals surface area contributed by atoms with Crippen LogP contribution in [0.4, 0.5) is 11.4 Å². The molecule has 2 aliphatic heterocycles. The summed E-state index contributed by atoms with van der Waals surface area (Å²) in [5, 5.41) is 3.51. The van der Waals surface area contributed by atoms with Gasteiger partial charge in [0, 0.05) is 18.8 Å². The van der Waals surface area contributed by atoms with Gasteiger partial charge in [-0.25, -0.2) is 4.99 Å². The highest BCUT2D eigenvalue weighted by Crippen LogP contribution is 2.30. The molecule has 144 valence electrons. The van der Waals surface area contributed by atoms with Crippen molar-refractivity contribution < 1.29 is 4.79 Å². The first-order valence-corrected chi connectivity index (χ1v) is 10.5. The fourth-order valence-electron chi connectivity index (χ4n) is 3.53. The van der Waals surface area contributed by atoms with Crippen LogP contribution in [0.5, 0.6) is 0 Å². The molecule has 2 heterocycles. The Morgan fingerprint density at radius 3 is 2.50 bits per heavy atom. The van der Waals surface area contributed by atoms with Crippen LogP contribution in [-0.4, -0.2) is 24.2 Å².